The molecule has 3 aromatic heterocycles. The summed E-state index contributed by atoms with van der Waals surface area (Å²) in [4.78, 5) is 26.3. The molecule has 132 valence electrons. The Kier molecular flexibility index (Phi) is 3.69. The highest BCUT2D eigenvalue weighted by Crippen LogP contribution is 2.46. The van der Waals surface area contributed by atoms with E-state index in [0.717, 1.165) is 28.8 Å². The standard InChI is InChI=1S/C19H18ClN5O/c20-18-13(9-23-19-17(18)12(8-22-19)11-4-5-11)14-2-1-3-15(24-14)25-7-6-21-10-16(25)26/h1-3,8-9,11,21H,4-7,10H2,(H,22,23). The highest BCUT2D eigenvalue weighted by atomic mass is 35.5. The topological polar surface area (TPSA) is 73.9 Å². The Labute approximate surface area is 155 Å². The lowest BCUT2D eigenvalue weighted by Gasteiger charge is -2.26. The third-order valence-corrected chi connectivity index (χ3v) is 5.45. The zero-order valence-corrected chi connectivity index (χ0v) is 14.9. The van der Waals surface area contributed by atoms with Crippen LogP contribution < -0.4 is 10.2 Å². The van der Waals surface area contributed by atoms with Gasteiger partial charge in [0.05, 0.1) is 17.3 Å². The van der Waals surface area contributed by atoms with Crippen molar-refractivity contribution in [1.29, 1.82) is 0 Å². The first-order chi connectivity index (χ1) is 12.7. The molecule has 1 amide bonds. The number of H-pyrrole nitrogens is 1. The summed E-state index contributed by atoms with van der Waals surface area (Å²) in [7, 11) is 0. The molecule has 1 aliphatic carbocycles. The van der Waals surface area contributed by atoms with E-state index in [2.05, 4.69) is 15.3 Å². The van der Waals surface area contributed by atoms with E-state index in [9.17, 15) is 4.79 Å². The molecule has 26 heavy (non-hydrogen) atoms. The van der Waals surface area contributed by atoms with Crippen molar-refractivity contribution in [2.75, 3.05) is 24.5 Å². The molecule has 0 unspecified atom stereocenters. The van der Waals surface area contributed by atoms with Crippen LogP contribution in [0.1, 0.15) is 24.3 Å². The molecule has 2 N–H and O–H groups in total. The molecule has 2 aliphatic rings. The van der Waals surface area contributed by atoms with Crippen LogP contribution in [0.5, 0.6) is 0 Å². The Morgan fingerprint density at radius 2 is 2.15 bits per heavy atom. The number of anilines is 1. The second-order valence-electron chi connectivity index (χ2n) is 6.83. The van der Waals surface area contributed by atoms with E-state index >= 15 is 0 Å². The monoisotopic (exact) mass is 367 g/mol. The number of carbonyl (C=O) groups is 1. The smallest absolute Gasteiger partial charge is 0.242 e. The summed E-state index contributed by atoms with van der Waals surface area (Å²) in [5.74, 6) is 1.26. The maximum absolute atomic E-state index is 12.2. The summed E-state index contributed by atoms with van der Waals surface area (Å²) in [6.45, 7) is 1.72. The molecule has 1 saturated carbocycles. The van der Waals surface area contributed by atoms with Crippen molar-refractivity contribution in [3.63, 3.8) is 0 Å². The van der Waals surface area contributed by atoms with Crippen molar-refractivity contribution < 1.29 is 4.79 Å². The second kappa shape index (κ2) is 6.07. The number of aromatic nitrogens is 3. The molecule has 2 fully saturated rings. The largest absolute Gasteiger partial charge is 0.346 e. The Morgan fingerprint density at radius 1 is 1.27 bits per heavy atom. The molecule has 3 aromatic rings. The summed E-state index contributed by atoms with van der Waals surface area (Å²) in [5.41, 5.74) is 3.59. The first-order valence-electron chi connectivity index (χ1n) is 8.86. The number of pyridine rings is 2. The average Bonchev–Trinajstić information content (AvgIpc) is 3.41. The van der Waals surface area contributed by atoms with Gasteiger partial charge in [-0.25, -0.2) is 9.97 Å². The Hall–Kier alpha value is -2.44. The predicted octanol–water partition coefficient (Wildman–Crippen LogP) is 3.09. The molecule has 0 aromatic carbocycles. The lowest BCUT2D eigenvalue weighted by Crippen LogP contribution is -2.48. The number of rotatable bonds is 3. The number of piperazine rings is 1. The number of aromatic amines is 1. The molecule has 7 heteroatoms. The minimum atomic E-state index is 0.0298. The van der Waals surface area contributed by atoms with Gasteiger partial charge in [-0.05, 0) is 36.5 Å². The quantitative estimate of drug-likeness (QED) is 0.746. The average molecular weight is 368 g/mol. The van der Waals surface area contributed by atoms with E-state index in [1.165, 1.54) is 18.4 Å². The van der Waals surface area contributed by atoms with E-state index in [1.54, 1.807) is 11.1 Å². The molecule has 0 radical (unpaired) electrons. The van der Waals surface area contributed by atoms with Gasteiger partial charge in [0, 0.05) is 36.4 Å². The Bertz CT molecular complexity index is 1010. The zero-order valence-electron chi connectivity index (χ0n) is 14.1. The lowest BCUT2D eigenvalue weighted by atomic mass is 10.1. The Morgan fingerprint density at radius 3 is 2.96 bits per heavy atom. The van der Waals surface area contributed by atoms with E-state index in [-0.39, 0.29) is 5.91 Å². The SMILES string of the molecule is O=C1CNCCN1c1cccc(-c2cnc3[nH]cc(C4CC4)c3c2Cl)n1. The van der Waals surface area contributed by atoms with Crippen LogP contribution in [0.4, 0.5) is 5.82 Å². The molecule has 0 atom stereocenters. The van der Waals surface area contributed by atoms with Crippen LogP contribution in [0.3, 0.4) is 0 Å². The third kappa shape index (κ3) is 2.57. The maximum atomic E-state index is 12.2. The minimum absolute atomic E-state index is 0.0298. The summed E-state index contributed by atoms with van der Waals surface area (Å²) in [5, 5.41) is 4.75. The summed E-state index contributed by atoms with van der Waals surface area (Å²) >= 11 is 6.77. The van der Waals surface area contributed by atoms with Crippen molar-refractivity contribution in [2.24, 2.45) is 0 Å². The predicted molar refractivity (Wildman–Crippen MR) is 102 cm³/mol. The summed E-state index contributed by atoms with van der Waals surface area (Å²) < 4.78 is 0. The molecule has 1 aliphatic heterocycles. The minimum Gasteiger partial charge on any atom is -0.346 e. The van der Waals surface area contributed by atoms with Gasteiger partial charge in [-0.1, -0.05) is 17.7 Å². The van der Waals surface area contributed by atoms with Crippen molar-refractivity contribution in [3.05, 3.63) is 41.2 Å². The fourth-order valence-corrected chi connectivity index (χ4v) is 3.89. The number of hydrogen-bond donors (Lipinski definition) is 2. The van der Waals surface area contributed by atoms with E-state index < -0.39 is 0 Å². The number of amides is 1. The van der Waals surface area contributed by atoms with Crippen LogP contribution in [0.25, 0.3) is 22.3 Å². The normalized spacial score (nSPS) is 17.9. The number of fused-ring (bicyclic) bond motifs is 1. The first-order valence-corrected chi connectivity index (χ1v) is 9.24. The number of hydrogen-bond acceptors (Lipinski definition) is 4. The van der Waals surface area contributed by atoms with Crippen LogP contribution in [0, 0.1) is 0 Å². The van der Waals surface area contributed by atoms with E-state index in [4.69, 9.17) is 16.6 Å². The first kappa shape index (κ1) is 15.8. The Balaban J connectivity index is 1.59. The number of carbonyl (C=O) groups excluding carboxylic acids is 1. The highest BCUT2D eigenvalue weighted by Gasteiger charge is 2.28. The number of halogens is 1. The highest BCUT2D eigenvalue weighted by molar-refractivity contribution is 6.38. The molecule has 0 bridgehead atoms. The third-order valence-electron chi connectivity index (χ3n) is 5.06. The molecule has 1 saturated heterocycles. The lowest BCUT2D eigenvalue weighted by molar-refractivity contribution is -0.118. The van der Waals surface area contributed by atoms with Crippen molar-refractivity contribution >= 4 is 34.4 Å². The van der Waals surface area contributed by atoms with Gasteiger partial charge < -0.3 is 10.3 Å². The zero-order chi connectivity index (χ0) is 17.7. The van der Waals surface area contributed by atoms with Gasteiger partial charge in [-0.3, -0.25) is 9.69 Å². The molecular formula is C19H18ClN5O. The number of nitrogens with one attached hydrogen (secondary N) is 2. The molecule has 4 heterocycles. The van der Waals surface area contributed by atoms with Crippen LogP contribution in [0.15, 0.2) is 30.6 Å². The van der Waals surface area contributed by atoms with Gasteiger partial charge in [0.1, 0.15) is 11.5 Å². The summed E-state index contributed by atoms with van der Waals surface area (Å²) in [6.07, 6.45) is 6.18. The van der Waals surface area contributed by atoms with Gasteiger partial charge in [0.15, 0.2) is 0 Å². The van der Waals surface area contributed by atoms with Gasteiger partial charge >= 0.3 is 0 Å². The maximum Gasteiger partial charge on any atom is 0.242 e. The fourth-order valence-electron chi connectivity index (χ4n) is 3.55. The second-order valence-corrected chi connectivity index (χ2v) is 7.21. The van der Waals surface area contributed by atoms with Gasteiger partial charge in [0.25, 0.3) is 0 Å². The molecule has 6 nitrogen and oxygen atoms in total. The van der Waals surface area contributed by atoms with E-state index in [0.29, 0.717) is 29.8 Å². The van der Waals surface area contributed by atoms with Gasteiger partial charge in [-0.2, -0.15) is 0 Å². The molecule has 0 spiro atoms. The van der Waals surface area contributed by atoms with Crippen LogP contribution in [-0.2, 0) is 4.79 Å². The van der Waals surface area contributed by atoms with Gasteiger partial charge in [-0.15, -0.1) is 0 Å². The number of nitrogens with zero attached hydrogens (tertiary/aromatic N) is 3. The summed E-state index contributed by atoms with van der Waals surface area (Å²) in [6, 6.07) is 5.68. The molecule has 5 rings (SSSR count). The van der Waals surface area contributed by atoms with Crippen LogP contribution in [-0.4, -0.2) is 40.5 Å². The van der Waals surface area contributed by atoms with E-state index in [1.807, 2.05) is 24.4 Å². The van der Waals surface area contributed by atoms with Crippen molar-refractivity contribution in [2.45, 2.75) is 18.8 Å². The van der Waals surface area contributed by atoms with Gasteiger partial charge in [0.2, 0.25) is 5.91 Å². The van der Waals surface area contributed by atoms with Crippen LogP contribution >= 0.6 is 11.6 Å². The van der Waals surface area contributed by atoms with Crippen molar-refractivity contribution in [3.8, 4) is 11.3 Å². The molecular weight excluding hydrogens is 350 g/mol. The fraction of sp³-hybridized carbons (Fsp3) is 0.316. The van der Waals surface area contributed by atoms with Crippen molar-refractivity contribution in [1.82, 2.24) is 20.3 Å². The van der Waals surface area contributed by atoms with Crippen LogP contribution in [0.2, 0.25) is 5.02 Å².